The van der Waals surface area contributed by atoms with Crippen molar-refractivity contribution in [2.45, 2.75) is 13.3 Å². The third-order valence-corrected chi connectivity index (χ3v) is 7.21. The number of hydrogen-bond donors (Lipinski definition) is 1. The van der Waals surface area contributed by atoms with Gasteiger partial charge >= 0.3 is 0 Å². The lowest BCUT2D eigenvalue weighted by atomic mass is 10.1. The zero-order chi connectivity index (χ0) is 27.2. The summed E-state index contributed by atoms with van der Waals surface area (Å²) in [6.07, 6.45) is 2.71. The fourth-order valence-corrected chi connectivity index (χ4v) is 5.10. The average Bonchev–Trinajstić information content (AvgIpc) is 3.20. The van der Waals surface area contributed by atoms with Gasteiger partial charge in [-0.3, -0.25) is 14.5 Å². The molecular weight excluding hydrogens is 518 g/mol. The first kappa shape index (κ1) is 27.2. The minimum atomic E-state index is -0.275. The van der Waals surface area contributed by atoms with E-state index in [1.165, 1.54) is 29.3 Å². The number of nitrogens with one attached hydrogen (secondary N) is 1. The number of nitrogens with zero attached hydrogens (tertiary/aromatic N) is 2. The topological polar surface area (TPSA) is 71.1 Å². The summed E-state index contributed by atoms with van der Waals surface area (Å²) in [6, 6.07) is 20.6. The highest BCUT2D eigenvalue weighted by Crippen LogP contribution is 2.37. The summed E-state index contributed by atoms with van der Waals surface area (Å²) in [6.45, 7) is 1.91. The predicted molar refractivity (Wildman–Crippen MR) is 159 cm³/mol. The highest BCUT2D eigenvalue weighted by molar-refractivity contribution is 8.27. The molecule has 1 N–H and O–H groups in total. The molecule has 1 saturated heterocycles. The molecule has 196 valence electrons. The molecule has 7 nitrogen and oxygen atoms in total. The number of thiocarbonyl (C=S) groups is 1. The van der Waals surface area contributed by atoms with E-state index < -0.39 is 0 Å². The van der Waals surface area contributed by atoms with Crippen molar-refractivity contribution >= 4 is 63.3 Å². The molecule has 0 spiro atoms. The van der Waals surface area contributed by atoms with E-state index in [0.29, 0.717) is 26.4 Å². The average molecular weight is 548 g/mol. The number of amides is 2. The second-order valence-electron chi connectivity index (χ2n) is 8.73. The van der Waals surface area contributed by atoms with Crippen LogP contribution in [-0.2, 0) is 16.0 Å². The van der Waals surface area contributed by atoms with E-state index in [1.807, 2.05) is 67.5 Å². The predicted octanol–water partition coefficient (Wildman–Crippen LogP) is 5.75. The molecule has 2 amide bonds. The fraction of sp³-hybridized carbons (Fsp3) is 0.207. The van der Waals surface area contributed by atoms with Crippen molar-refractivity contribution in [3.05, 3.63) is 82.8 Å². The largest absolute Gasteiger partial charge is 0.493 e. The fourth-order valence-electron chi connectivity index (χ4n) is 3.80. The zero-order valence-corrected chi connectivity index (χ0v) is 23.3. The lowest BCUT2D eigenvalue weighted by Crippen LogP contribution is -2.27. The van der Waals surface area contributed by atoms with Gasteiger partial charge in [0.2, 0.25) is 0 Å². The van der Waals surface area contributed by atoms with Crippen molar-refractivity contribution in [3.8, 4) is 11.5 Å². The smallest absolute Gasteiger partial charge is 0.270 e. The first-order valence-corrected chi connectivity index (χ1v) is 13.3. The molecule has 1 fully saturated rings. The summed E-state index contributed by atoms with van der Waals surface area (Å²) in [5, 5.41) is 2.82. The van der Waals surface area contributed by atoms with Crippen molar-refractivity contribution < 1.29 is 19.1 Å². The van der Waals surface area contributed by atoms with Gasteiger partial charge in [-0.25, -0.2) is 0 Å². The van der Waals surface area contributed by atoms with E-state index in [9.17, 15) is 9.59 Å². The summed E-state index contributed by atoms with van der Waals surface area (Å²) in [4.78, 5) is 29.6. The number of methoxy groups -OCH3 is 1. The molecule has 1 aliphatic heterocycles. The van der Waals surface area contributed by atoms with Crippen LogP contribution < -0.4 is 24.6 Å². The monoisotopic (exact) mass is 547 g/mol. The molecule has 3 aromatic carbocycles. The maximum atomic E-state index is 13.2. The maximum Gasteiger partial charge on any atom is 0.270 e. The van der Waals surface area contributed by atoms with Crippen LogP contribution in [0.15, 0.2) is 71.6 Å². The Kier molecular flexibility index (Phi) is 8.70. The molecule has 0 aliphatic carbocycles. The van der Waals surface area contributed by atoms with E-state index in [-0.39, 0.29) is 18.4 Å². The second-order valence-corrected chi connectivity index (χ2v) is 10.4. The quantitative estimate of drug-likeness (QED) is 0.270. The Bertz CT molecular complexity index is 1370. The Balaban J connectivity index is 1.42. The first-order chi connectivity index (χ1) is 18.3. The van der Waals surface area contributed by atoms with Gasteiger partial charge in [-0.1, -0.05) is 49.1 Å². The van der Waals surface area contributed by atoms with E-state index in [0.717, 1.165) is 23.4 Å². The highest BCUT2D eigenvalue weighted by atomic mass is 32.2. The van der Waals surface area contributed by atoms with Crippen LogP contribution in [0.3, 0.4) is 0 Å². The van der Waals surface area contributed by atoms with Crippen molar-refractivity contribution in [2.24, 2.45) is 0 Å². The molecule has 0 atom stereocenters. The Labute approximate surface area is 232 Å². The molecule has 0 radical (unpaired) electrons. The Hall–Kier alpha value is -3.82. The number of thioether (sulfide) groups is 1. The van der Waals surface area contributed by atoms with E-state index >= 15 is 0 Å². The first-order valence-electron chi connectivity index (χ1n) is 12.0. The summed E-state index contributed by atoms with van der Waals surface area (Å²) < 4.78 is 11.7. The molecule has 0 aromatic heterocycles. The van der Waals surface area contributed by atoms with Crippen LogP contribution >= 0.6 is 24.0 Å². The SMILES string of the molecule is CCc1ccc(NC(=O)COc2ccc(/C=C3\SC(=S)N(c4ccc(N(C)C)cc4)C3=O)cc2OC)cc1. The van der Waals surface area contributed by atoms with Crippen LogP contribution in [-0.4, -0.2) is 43.9 Å². The highest BCUT2D eigenvalue weighted by Gasteiger charge is 2.33. The normalized spacial score (nSPS) is 14.1. The van der Waals surface area contributed by atoms with Gasteiger partial charge in [-0.2, -0.15) is 0 Å². The molecule has 0 saturated carbocycles. The molecular formula is C29H29N3O4S2. The third kappa shape index (κ3) is 6.35. The van der Waals surface area contributed by atoms with Crippen molar-refractivity contribution in [2.75, 3.05) is 42.9 Å². The number of benzene rings is 3. The molecule has 1 heterocycles. The third-order valence-electron chi connectivity index (χ3n) is 5.91. The summed E-state index contributed by atoms with van der Waals surface area (Å²) in [5.41, 5.74) is 4.42. The van der Waals surface area contributed by atoms with Gasteiger partial charge in [0.15, 0.2) is 22.4 Å². The van der Waals surface area contributed by atoms with E-state index in [1.54, 1.807) is 24.3 Å². The van der Waals surface area contributed by atoms with E-state index in [4.69, 9.17) is 21.7 Å². The minimum absolute atomic E-state index is 0.170. The maximum absolute atomic E-state index is 13.2. The molecule has 0 bridgehead atoms. The number of aryl methyl sites for hydroxylation is 1. The van der Waals surface area contributed by atoms with E-state index in [2.05, 4.69) is 12.2 Å². The molecule has 4 rings (SSSR count). The number of carbonyl (C=O) groups is 2. The minimum Gasteiger partial charge on any atom is -0.493 e. The van der Waals surface area contributed by atoms with Gasteiger partial charge in [-0.15, -0.1) is 0 Å². The zero-order valence-electron chi connectivity index (χ0n) is 21.7. The second kappa shape index (κ2) is 12.1. The Morgan fingerprint density at radius 2 is 1.76 bits per heavy atom. The molecule has 0 unspecified atom stereocenters. The van der Waals surface area contributed by atoms with Crippen molar-refractivity contribution in [1.82, 2.24) is 0 Å². The van der Waals surface area contributed by atoms with Crippen LogP contribution in [0.25, 0.3) is 6.08 Å². The van der Waals surface area contributed by atoms with Gasteiger partial charge in [0.25, 0.3) is 11.8 Å². The van der Waals surface area contributed by atoms with Crippen LogP contribution in [0.4, 0.5) is 17.1 Å². The lowest BCUT2D eigenvalue weighted by molar-refractivity contribution is -0.118. The van der Waals surface area contributed by atoms with Gasteiger partial charge in [0.1, 0.15) is 0 Å². The number of rotatable bonds is 9. The Morgan fingerprint density at radius 1 is 1.05 bits per heavy atom. The molecule has 3 aromatic rings. The van der Waals surface area contributed by atoms with Gasteiger partial charge < -0.3 is 19.7 Å². The summed E-state index contributed by atoms with van der Waals surface area (Å²) in [7, 11) is 5.45. The van der Waals surface area contributed by atoms with Gasteiger partial charge in [-0.05, 0) is 72.2 Å². The number of carbonyl (C=O) groups excluding carboxylic acids is 2. The molecule has 38 heavy (non-hydrogen) atoms. The van der Waals surface area contributed by atoms with Crippen LogP contribution in [0, 0.1) is 0 Å². The molecule has 1 aliphatic rings. The number of hydrogen-bond acceptors (Lipinski definition) is 7. The van der Waals surface area contributed by atoms with Crippen molar-refractivity contribution in [3.63, 3.8) is 0 Å². The number of anilines is 3. The van der Waals surface area contributed by atoms with Crippen LogP contribution in [0.5, 0.6) is 11.5 Å². The molecule has 9 heteroatoms. The summed E-state index contributed by atoms with van der Waals surface area (Å²) >= 11 is 6.75. The summed E-state index contributed by atoms with van der Waals surface area (Å²) in [5.74, 6) is 0.423. The number of ether oxygens (including phenoxy) is 2. The van der Waals surface area contributed by atoms with Crippen LogP contribution in [0.2, 0.25) is 0 Å². The lowest BCUT2D eigenvalue weighted by Gasteiger charge is -2.17. The van der Waals surface area contributed by atoms with Gasteiger partial charge in [0, 0.05) is 25.5 Å². The van der Waals surface area contributed by atoms with Gasteiger partial charge in [0.05, 0.1) is 17.7 Å². The van der Waals surface area contributed by atoms with Crippen molar-refractivity contribution in [1.29, 1.82) is 0 Å². The van der Waals surface area contributed by atoms with Crippen LogP contribution in [0.1, 0.15) is 18.1 Å². The Morgan fingerprint density at radius 3 is 2.39 bits per heavy atom. The standard InChI is InChI=1S/C29H29N3O4S2/c1-5-19-6-9-21(10-7-19)30-27(33)18-36-24-15-8-20(16-25(24)35-4)17-26-28(34)32(29(37)38-26)23-13-11-22(12-14-23)31(2)3/h6-17H,5,18H2,1-4H3,(H,30,33)/b26-17-.